The third-order valence-corrected chi connectivity index (χ3v) is 15.1. The van der Waals surface area contributed by atoms with Crippen molar-refractivity contribution in [2.75, 3.05) is 48.6 Å². The molecule has 2 aliphatic rings. The summed E-state index contributed by atoms with van der Waals surface area (Å²) >= 11 is 5.90. The summed E-state index contributed by atoms with van der Waals surface area (Å²) in [6.45, 7) is 13.6. The third-order valence-electron chi connectivity index (χ3n) is 14.6. The van der Waals surface area contributed by atoms with Crippen LogP contribution in [0.3, 0.4) is 0 Å². The molecule has 0 bridgehead atoms. The van der Waals surface area contributed by atoms with Gasteiger partial charge in [-0.05, 0) is 73.4 Å². The molecule has 8 atom stereocenters. The van der Waals surface area contributed by atoms with Crippen molar-refractivity contribution in [3.63, 3.8) is 0 Å². The molecule has 69 heavy (non-hydrogen) atoms. The number of imide groups is 1. The lowest BCUT2D eigenvalue weighted by atomic mass is 9.87. The van der Waals surface area contributed by atoms with Crippen LogP contribution in [0.2, 0.25) is 0 Å². The van der Waals surface area contributed by atoms with Crippen molar-refractivity contribution in [2.24, 2.45) is 17.8 Å². The lowest BCUT2D eigenvalue weighted by Crippen LogP contribution is -2.62. The second-order valence-electron chi connectivity index (χ2n) is 19.5. The molecule has 1 aliphatic carbocycles. The fraction of sp³-hybridized carbons (Fsp3) is 0.556. The molecule has 1 fully saturated rings. The van der Waals surface area contributed by atoms with Crippen molar-refractivity contribution in [1.82, 2.24) is 25.3 Å². The summed E-state index contributed by atoms with van der Waals surface area (Å²) in [5.41, 5.74) is 3.84. The number of likely N-dealkylation sites (tertiary alicyclic amines) is 1. The number of ether oxygens (including phenoxy) is 4. The van der Waals surface area contributed by atoms with Gasteiger partial charge in [-0.3, -0.25) is 29.5 Å². The molecule has 4 amide bonds. The van der Waals surface area contributed by atoms with E-state index in [1.807, 2.05) is 104 Å². The molecule has 3 aromatic rings. The molecule has 0 saturated carbocycles. The summed E-state index contributed by atoms with van der Waals surface area (Å²) < 4.78 is 23.3. The number of carbonyl (C=O) groups is 5. The Morgan fingerprint density at radius 3 is 2.00 bits per heavy atom. The number of thiocarbonyl (C=S) groups is 1. The minimum atomic E-state index is -1.47. The summed E-state index contributed by atoms with van der Waals surface area (Å²) in [5.74, 6) is -2.55. The number of hydrogen-bond acceptors (Lipinski definition) is 11. The van der Waals surface area contributed by atoms with Gasteiger partial charge in [0, 0.05) is 52.1 Å². The van der Waals surface area contributed by atoms with Crippen molar-refractivity contribution in [1.29, 1.82) is 0 Å². The molecule has 0 radical (unpaired) electrons. The summed E-state index contributed by atoms with van der Waals surface area (Å²) in [4.78, 5) is 74.9. The minimum Gasteiger partial charge on any atom is -0.467 e. The van der Waals surface area contributed by atoms with Crippen molar-refractivity contribution in [3.05, 3.63) is 95.6 Å². The van der Waals surface area contributed by atoms with Gasteiger partial charge < -0.3 is 29.2 Å². The van der Waals surface area contributed by atoms with E-state index in [0.717, 1.165) is 40.7 Å². The molecule has 0 aromatic heterocycles. The van der Waals surface area contributed by atoms with Crippen LogP contribution in [0.1, 0.15) is 96.8 Å². The molecule has 0 spiro atoms. The molecule has 2 N–H and O–H groups in total. The van der Waals surface area contributed by atoms with Gasteiger partial charge in [-0.1, -0.05) is 132 Å². The van der Waals surface area contributed by atoms with Gasteiger partial charge in [-0.15, -0.1) is 0 Å². The van der Waals surface area contributed by atoms with Crippen LogP contribution in [-0.2, 0) is 44.5 Å². The van der Waals surface area contributed by atoms with Gasteiger partial charge in [-0.2, -0.15) is 0 Å². The maximum Gasteiger partial charge on any atom is 0.410 e. The maximum absolute atomic E-state index is 14.5. The number of nitrogens with one attached hydrogen (secondary N) is 2. The van der Waals surface area contributed by atoms with E-state index in [0.29, 0.717) is 24.4 Å². The van der Waals surface area contributed by atoms with Crippen LogP contribution in [-0.4, -0.2) is 140 Å². The highest BCUT2D eigenvalue weighted by Crippen LogP contribution is 2.44. The van der Waals surface area contributed by atoms with Gasteiger partial charge in [-0.25, -0.2) is 9.59 Å². The van der Waals surface area contributed by atoms with Gasteiger partial charge in [0.2, 0.25) is 11.8 Å². The Morgan fingerprint density at radius 1 is 0.855 bits per heavy atom. The number of carbonyl (C=O) groups excluding carboxylic acids is 5. The van der Waals surface area contributed by atoms with Crippen LogP contribution in [0.25, 0.3) is 11.1 Å². The molecule has 3 aromatic carbocycles. The van der Waals surface area contributed by atoms with Crippen LogP contribution in [0.4, 0.5) is 4.79 Å². The fourth-order valence-corrected chi connectivity index (χ4v) is 10.5. The number of benzene rings is 3. The number of likely N-dealkylation sites (N-methyl/N-ethyl adjacent to an activating group) is 2. The Balaban J connectivity index is 1.25. The Morgan fingerprint density at radius 2 is 1.45 bits per heavy atom. The number of nitrogens with zero attached hydrogens (tertiary/aromatic N) is 3. The number of amides is 4. The molecule has 0 unspecified atom stereocenters. The monoisotopic (exact) mass is 970 g/mol. The van der Waals surface area contributed by atoms with Gasteiger partial charge >= 0.3 is 12.1 Å². The molecule has 1 heterocycles. The van der Waals surface area contributed by atoms with Gasteiger partial charge in [0.15, 0.2) is 0 Å². The van der Waals surface area contributed by atoms with E-state index in [2.05, 4.69) is 36.6 Å². The van der Waals surface area contributed by atoms with Crippen LogP contribution in [0.15, 0.2) is 78.9 Å². The lowest BCUT2D eigenvalue weighted by molar-refractivity contribution is -0.143. The van der Waals surface area contributed by atoms with Gasteiger partial charge in [0.05, 0.1) is 42.8 Å². The zero-order valence-electron chi connectivity index (χ0n) is 42.7. The molecule has 15 heteroatoms. The average Bonchev–Trinajstić information content (AvgIpc) is 3.95. The van der Waals surface area contributed by atoms with Crippen molar-refractivity contribution in [2.45, 2.75) is 128 Å². The Bertz CT molecular complexity index is 2210. The van der Waals surface area contributed by atoms with Crippen LogP contribution in [0.5, 0.6) is 0 Å². The summed E-state index contributed by atoms with van der Waals surface area (Å²) in [5, 5.41) is 5.87. The minimum absolute atomic E-state index is 0.0307. The van der Waals surface area contributed by atoms with Crippen LogP contribution < -0.4 is 10.6 Å². The summed E-state index contributed by atoms with van der Waals surface area (Å²) in [6.07, 6.45) is 0.816. The standard InChI is InChI=1S/C54H75N5O9S/c1-13-34(4)47(44(65-10)31-45(60)59-29-21-28-43(59)48(66-11)35(5)50(69)55-42(51(62)67-12)30-36-22-15-14-16-23-36)57(8)46(33(2)3)49(61)56-52(63)54(6,7)58(9)53(64)68-32-41-39-26-19-17-24-37(39)38-25-18-20-27-40(38)41/h14-20,22-27,33-35,41-44,46-48H,13,21,28-32H2,1-12H3,(H,55,69)(H,56,61,63)/t34-,35+,42-,43-,44+,46-,47-,48+/m0/s1. The van der Waals surface area contributed by atoms with Crippen molar-refractivity contribution in [3.8, 4) is 11.1 Å². The first-order valence-corrected chi connectivity index (χ1v) is 24.7. The van der Waals surface area contributed by atoms with E-state index in [9.17, 15) is 24.0 Å². The Kier molecular flexibility index (Phi) is 19.5. The van der Waals surface area contributed by atoms with E-state index in [1.165, 1.54) is 19.1 Å². The predicted molar refractivity (Wildman–Crippen MR) is 271 cm³/mol. The van der Waals surface area contributed by atoms with E-state index < -0.39 is 59.7 Å². The topological polar surface area (TPSA) is 156 Å². The van der Waals surface area contributed by atoms with Crippen LogP contribution in [0, 0.1) is 17.8 Å². The van der Waals surface area contributed by atoms with Gasteiger partial charge in [0.25, 0.3) is 5.91 Å². The Labute approximate surface area is 415 Å². The summed E-state index contributed by atoms with van der Waals surface area (Å²) in [7, 11) is 7.87. The van der Waals surface area contributed by atoms with E-state index >= 15 is 0 Å². The zero-order valence-corrected chi connectivity index (χ0v) is 43.5. The number of methoxy groups -OCH3 is 3. The number of rotatable bonds is 22. The molecule has 376 valence electrons. The van der Waals surface area contributed by atoms with Crippen molar-refractivity contribution < 1.29 is 42.9 Å². The van der Waals surface area contributed by atoms with Crippen LogP contribution >= 0.6 is 12.2 Å². The first kappa shape index (κ1) is 54.7. The molecular formula is C54H75N5O9S. The smallest absolute Gasteiger partial charge is 0.410 e. The maximum atomic E-state index is 14.5. The zero-order chi connectivity index (χ0) is 50.7. The number of esters is 1. The summed E-state index contributed by atoms with van der Waals surface area (Å²) in [6, 6.07) is 23.5. The van der Waals surface area contributed by atoms with E-state index in [4.69, 9.17) is 31.2 Å². The van der Waals surface area contributed by atoms with E-state index in [-0.39, 0.29) is 48.6 Å². The highest BCUT2D eigenvalue weighted by molar-refractivity contribution is 7.80. The second kappa shape index (κ2) is 24.6. The first-order chi connectivity index (χ1) is 32.8. The Hall–Kier alpha value is -5.22. The third kappa shape index (κ3) is 12.6. The SMILES string of the molecule is CC[C@H](C)[C@@H]([C@@H](CC(=O)N1CCC[C@H]1[C@H](OC)[C@@H](C)C(=S)N[C@@H](Cc1ccccc1)C(=O)OC)OC)N(C)[C@H](C(=O)NC(=O)C(C)(C)N(C)C(=O)OCC1c2ccccc2-c2ccccc21)C(C)C. The molecule has 5 rings (SSSR count). The molecular weight excluding hydrogens is 895 g/mol. The first-order valence-electron chi connectivity index (χ1n) is 24.3. The largest absolute Gasteiger partial charge is 0.467 e. The van der Waals surface area contributed by atoms with Crippen molar-refractivity contribution >= 4 is 47.0 Å². The molecule has 1 saturated heterocycles. The average molecular weight is 970 g/mol. The van der Waals surface area contributed by atoms with E-state index in [1.54, 1.807) is 28.1 Å². The highest BCUT2D eigenvalue weighted by Gasteiger charge is 2.45. The number of hydrogen-bond donors (Lipinski definition) is 2. The molecule has 14 nitrogen and oxygen atoms in total. The fourth-order valence-electron chi connectivity index (χ4n) is 10.2. The predicted octanol–water partition coefficient (Wildman–Crippen LogP) is 7.41. The molecule has 1 aliphatic heterocycles. The normalized spacial score (nSPS) is 17.7. The second-order valence-corrected chi connectivity index (χ2v) is 19.9. The lowest BCUT2D eigenvalue weighted by Gasteiger charge is -2.43. The quantitative estimate of drug-likeness (QED) is 0.0761. The highest BCUT2D eigenvalue weighted by atomic mass is 32.1. The van der Waals surface area contributed by atoms with Gasteiger partial charge in [0.1, 0.15) is 18.2 Å². The number of fused-ring (bicyclic) bond motifs is 3.